The highest BCUT2D eigenvalue weighted by Crippen LogP contribution is 2.19. The number of rotatable bonds is 4. The minimum absolute atomic E-state index is 0.181. The van der Waals surface area contributed by atoms with Crippen LogP contribution < -0.4 is 11.1 Å². The zero-order chi connectivity index (χ0) is 14.7. The van der Waals surface area contributed by atoms with E-state index in [4.69, 9.17) is 21.8 Å². The average molecular weight is 294 g/mol. The molecule has 6 heteroatoms. The molecule has 1 amide bonds. The van der Waals surface area contributed by atoms with Crippen molar-refractivity contribution in [1.82, 2.24) is 4.98 Å². The zero-order valence-electron chi connectivity index (χ0n) is 11.3. The van der Waals surface area contributed by atoms with Gasteiger partial charge in [-0.25, -0.2) is 4.98 Å². The molecule has 2 aromatic rings. The summed E-state index contributed by atoms with van der Waals surface area (Å²) in [6.45, 7) is 3.92. The van der Waals surface area contributed by atoms with Crippen LogP contribution in [0, 0.1) is 5.92 Å². The number of anilines is 1. The number of oxazole rings is 1. The van der Waals surface area contributed by atoms with Gasteiger partial charge in [0.05, 0.1) is 6.04 Å². The molecule has 1 unspecified atom stereocenters. The molecule has 20 heavy (non-hydrogen) atoms. The standard InChI is InChI=1S/C14H16ClN3O2/c1-8(2)12(16)14-18-11(7-20-14)13(19)17-10-5-3-9(15)4-6-10/h3-8,12H,16H2,1-2H3,(H,17,19). The van der Waals surface area contributed by atoms with Gasteiger partial charge in [0.1, 0.15) is 6.26 Å². The van der Waals surface area contributed by atoms with E-state index < -0.39 is 0 Å². The summed E-state index contributed by atoms with van der Waals surface area (Å²) < 4.78 is 5.25. The molecule has 0 aliphatic carbocycles. The van der Waals surface area contributed by atoms with Gasteiger partial charge in [-0.1, -0.05) is 25.4 Å². The summed E-state index contributed by atoms with van der Waals surface area (Å²) in [6, 6.07) is 6.48. The monoisotopic (exact) mass is 293 g/mol. The van der Waals surface area contributed by atoms with E-state index in [1.807, 2.05) is 13.8 Å². The fourth-order valence-corrected chi connectivity index (χ4v) is 1.68. The van der Waals surface area contributed by atoms with Gasteiger partial charge >= 0.3 is 0 Å². The number of hydrogen-bond acceptors (Lipinski definition) is 4. The van der Waals surface area contributed by atoms with Crippen molar-refractivity contribution in [2.24, 2.45) is 11.7 Å². The topological polar surface area (TPSA) is 81.1 Å². The molecule has 0 aliphatic rings. The van der Waals surface area contributed by atoms with E-state index in [1.165, 1.54) is 6.26 Å². The number of carbonyl (C=O) groups excluding carboxylic acids is 1. The first-order valence-electron chi connectivity index (χ1n) is 6.25. The Labute approximate surface area is 122 Å². The van der Waals surface area contributed by atoms with E-state index in [1.54, 1.807) is 24.3 Å². The van der Waals surface area contributed by atoms with Gasteiger partial charge in [-0.3, -0.25) is 4.79 Å². The molecular formula is C14H16ClN3O2. The highest BCUT2D eigenvalue weighted by atomic mass is 35.5. The van der Waals surface area contributed by atoms with E-state index in [-0.39, 0.29) is 23.6 Å². The van der Waals surface area contributed by atoms with Crippen LogP contribution in [0.25, 0.3) is 0 Å². The maximum absolute atomic E-state index is 12.0. The molecule has 0 saturated carbocycles. The Morgan fingerprint density at radius 1 is 1.35 bits per heavy atom. The number of nitrogens with one attached hydrogen (secondary N) is 1. The lowest BCUT2D eigenvalue weighted by atomic mass is 10.1. The summed E-state index contributed by atoms with van der Waals surface area (Å²) in [5, 5.41) is 3.31. The third kappa shape index (κ3) is 3.37. The minimum Gasteiger partial charge on any atom is -0.446 e. The molecule has 0 fully saturated rings. The van der Waals surface area contributed by atoms with Gasteiger partial charge in [0.15, 0.2) is 5.69 Å². The molecule has 5 nitrogen and oxygen atoms in total. The van der Waals surface area contributed by atoms with E-state index in [0.717, 1.165) is 0 Å². The molecule has 2 rings (SSSR count). The van der Waals surface area contributed by atoms with Crippen LogP contribution in [-0.2, 0) is 0 Å². The first-order chi connectivity index (χ1) is 9.47. The maximum Gasteiger partial charge on any atom is 0.277 e. The molecule has 0 aliphatic heterocycles. The molecule has 1 atom stereocenters. The average Bonchev–Trinajstić information content (AvgIpc) is 2.90. The first-order valence-corrected chi connectivity index (χ1v) is 6.63. The first kappa shape index (κ1) is 14.6. The lowest BCUT2D eigenvalue weighted by Crippen LogP contribution is -2.18. The molecule has 0 saturated heterocycles. The molecule has 1 aromatic carbocycles. The number of amides is 1. The third-order valence-electron chi connectivity index (χ3n) is 2.86. The summed E-state index contributed by atoms with van der Waals surface area (Å²) in [4.78, 5) is 16.1. The predicted molar refractivity (Wildman–Crippen MR) is 77.7 cm³/mol. The number of aromatic nitrogens is 1. The molecular weight excluding hydrogens is 278 g/mol. The summed E-state index contributed by atoms with van der Waals surface area (Å²) in [5.41, 5.74) is 6.75. The quantitative estimate of drug-likeness (QED) is 0.907. The molecule has 1 heterocycles. The van der Waals surface area contributed by atoms with Crippen LogP contribution in [0.3, 0.4) is 0 Å². The van der Waals surface area contributed by atoms with Crippen molar-refractivity contribution in [1.29, 1.82) is 0 Å². The number of halogens is 1. The Bertz CT molecular complexity index is 593. The Hall–Kier alpha value is -1.85. The molecule has 0 spiro atoms. The SMILES string of the molecule is CC(C)C(N)c1nc(C(=O)Nc2ccc(Cl)cc2)co1. The number of carbonyl (C=O) groups is 1. The van der Waals surface area contributed by atoms with Crippen LogP contribution in [-0.4, -0.2) is 10.9 Å². The molecule has 0 radical (unpaired) electrons. The van der Waals surface area contributed by atoms with Crippen LogP contribution >= 0.6 is 11.6 Å². The number of nitrogens with zero attached hydrogens (tertiary/aromatic N) is 1. The highest BCUT2D eigenvalue weighted by Gasteiger charge is 2.19. The normalized spacial score (nSPS) is 12.4. The van der Waals surface area contributed by atoms with Crippen LogP contribution in [0.5, 0.6) is 0 Å². The van der Waals surface area contributed by atoms with Gasteiger partial charge in [0.25, 0.3) is 5.91 Å². The number of nitrogens with two attached hydrogens (primary N) is 1. The summed E-state index contributed by atoms with van der Waals surface area (Å²) in [5.74, 6) is 0.195. The maximum atomic E-state index is 12.0. The van der Waals surface area contributed by atoms with Crippen LogP contribution in [0.2, 0.25) is 5.02 Å². The second-order valence-electron chi connectivity index (χ2n) is 4.80. The van der Waals surface area contributed by atoms with E-state index in [0.29, 0.717) is 16.6 Å². The van der Waals surface area contributed by atoms with Crippen molar-refractivity contribution in [3.8, 4) is 0 Å². The van der Waals surface area contributed by atoms with Gasteiger partial charge in [-0.15, -0.1) is 0 Å². The molecule has 1 aromatic heterocycles. The highest BCUT2D eigenvalue weighted by molar-refractivity contribution is 6.30. The fourth-order valence-electron chi connectivity index (χ4n) is 1.56. The van der Waals surface area contributed by atoms with Gasteiger partial charge in [0, 0.05) is 10.7 Å². The molecule has 3 N–H and O–H groups in total. The Balaban J connectivity index is 2.08. The Morgan fingerprint density at radius 2 is 2.00 bits per heavy atom. The summed E-state index contributed by atoms with van der Waals surface area (Å²) in [7, 11) is 0. The van der Waals surface area contributed by atoms with Crippen molar-refractivity contribution in [3.05, 3.63) is 47.1 Å². The van der Waals surface area contributed by atoms with Gasteiger partial charge in [-0.2, -0.15) is 0 Å². The zero-order valence-corrected chi connectivity index (χ0v) is 12.0. The van der Waals surface area contributed by atoms with Crippen molar-refractivity contribution >= 4 is 23.2 Å². The molecule has 106 valence electrons. The lowest BCUT2D eigenvalue weighted by Gasteiger charge is -2.10. The van der Waals surface area contributed by atoms with Gasteiger partial charge in [0.2, 0.25) is 5.89 Å². The Kier molecular flexibility index (Phi) is 4.42. The van der Waals surface area contributed by atoms with E-state index >= 15 is 0 Å². The van der Waals surface area contributed by atoms with Gasteiger partial charge in [-0.05, 0) is 30.2 Å². The lowest BCUT2D eigenvalue weighted by molar-refractivity contribution is 0.102. The summed E-state index contributed by atoms with van der Waals surface area (Å²) in [6.07, 6.45) is 1.31. The second-order valence-corrected chi connectivity index (χ2v) is 5.24. The fraction of sp³-hybridized carbons (Fsp3) is 0.286. The van der Waals surface area contributed by atoms with E-state index in [2.05, 4.69) is 10.3 Å². The largest absolute Gasteiger partial charge is 0.446 e. The van der Waals surface area contributed by atoms with Crippen LogP contribution in [0.1, 0.15) is 36.3 Å². The van der Waals surface area contributed by atoms with Gasteiger partial charge < -0.3 is 15.5 Å². The van der Waals surface area contributed by atoms with Crippen molar-refractivity contribution in [2.75, 3.05) is 5.32 Å². The Morgan fingerprint density at radius 3 is 2.60 bits per heavy atom. The van der Waals surface area contributed by atoms with Crippen molar-refractivity contribution < 1.29 is 9.21 Å². The van der Waals surface area contributed by atoms with Crippen molar-refractivity contribution in [3.63, 3.8) is 0 Å². The van der Waals surface area contributed by atoms with E-state index in [9.17, 15) is 4.79 Å². The summed E-state index contributed by atoms with van der Waals surface area (Å²) >= 11 is 5.78. The van der Waals surface area contributed by atoms with Crippen molar-refractivity contribution in [2.45, 2.75) is 19.9 Å². The number of benzene rings is 1. The number of hydrogen-bond donors (Lipinski definition) is 2. The molecule has 0 bridgehead atoms. The van der Waals surface area contributed by atoms with Crippen LogP contribution in [0.4, 0.5) is 5.69 Å². The third-order valence-corrected chi connectivity index (χ3v) is 3.11. The minimum atomic E-state index is -0.349. The smallest absolute Gasteiger partial charge is 0.277 e. The second kappa shape index (κ2) is 6.07. The predicted octanol–water partition coefficient (Wildman–Crippen LogP) is 3.24. The van der Waals surface area contributed by atoms with Crippen LogP contribution in [0.15, 0.2) is 34.9 Å².